The first-order chi connectivity index (χ1) is 13.2. The molecule has 0 fully saturated rings. The molecule has 1 aromatic heterocycles. The van der Waals surface area contributed by atoms with Crippen LogP contribution in [0.15, 0.2) is 72.0 Å². The van der Waals surface area contributed by atoms with Crippen LogP contribution in [0.25, 0.3) is 0 Å². The minimum Gasteiger partial charge on any atom is -0.495 e. The van der Waals surface area contributed by atoms with Gasteiger partial charge in [0.15, 0.2) is 5.11 Å². The summed E-state index contributed by atoms with van der Waals surface area (Å²) in [5.41, 5.74) is 7.13. The third-order valence-corrected chi connectivity index (χ3v) is 4.21. The number of hydrogen-bond acceptors (Lipinski definition) is 3. The molecule has 6 heteroatoms. The van der Waals surface area contributed by atoms with E-state index in [4.69, 9.17) is 17.0 Å². The van der Waals surface area contributed by atoms with E-state index in [-0.39, 0.29) is 0 Å². The summed E-state index contributed by atoms with van der Waals surface area (Å²) in [5.74, 6) is 0.720. The van der Waals surface area contributed by atoms with Crippen molar-refractivity contribution in [2.24, 2.45) is 5.10 Å². The second-order valence-corrected chi connectivity index (χ2v) is 6.48. The second kappa shape index (κ2) is 9.00. The molecule has 0 aliphatic heterocycles. The van der Waals surface area contributed by atoms with Crippen LogP contribution >= 0.6 is 12.2 Å². The van der Waals surface area contributed by atoms with Crippen LogP contribution in [0.4, 0.5) is 5.69 Å². The van der Waals surface area contributed by atoms with Gasteiger partial charge in [0.1, 0.15) is 5.75 Å². The monoisotopic (exact) mass is 378 g/mol. The van der Waals surface area contributed by atoms with Gasteiger partial charge in [-0.05, 0) is 49.0 Å². The number of ether oxygens (including phenoxy) is 1. The fourth-order valence-electron chi connectivity index (χ4n) is 2.75. The summed E-state index contributed by atoms with van der Waals surface area (Å²) in [6, 6.07) is 20.1. The van der Waals surface area contributed by atoms with Crippen molar-refractivity contribution >= 4 is 29.2 Å². The number of nitrogens with one attached hydrogen (secondary N) is 2. The Hall–Kier alpha value is -3.12. The lowest BCUT2D eigenvalue weighted by Crippen LogP contribution is -2.24. The van der Waals surface area contributed by atoms with Gasteiger partial charge in [-0.1, -0.05) is 42.0 Å². The number of hydrogen-bond donors (Lipinski definition) is 2. The lowest BCUT2D eigenvalue weighted by Gasteiger charge is -2.11. The minimum atomic E-state index is 0.396. The standard InChI is InChI=1S/C21H22N4OS/c1-16-7-5-8-17(13-16)15-25-12-6-9-18(25)14-22-24-21(27)23-19-10-3-4-11-20(19)26-2/h3-14H,15H2,1-2H3,(H2,23,24,27)/b22-14-. The number of aromatic nitrogens is 1. The maximum atomic E-state index is 5.30. The molecule has 1 heterocycles. The van der Waals surface area contributed by atoms with Gasteiger partial charge in [0.2, 0.25) is 0 Å². The highest BCUT2D eigenvalue weighted by Gasteiger charge is 2.03. The summed E-state index contributed by atoms with van der Waals surface area (Å²) in [6.45, 7) is 2.89. The Morgan fingerprint density at radius 3 is 2.81 bits per heavy atom. The summed E-state index contributed by atoms with van der Waals surface area (Å²) in [6.07, 6.45) is 3.79. The summed E-state index contributed by atoms with van der Waals surface area (Å²) in [5, 5.41) is 7.72. The minimum absolute atomic E-state index is 0.396. The average molecular weight is 379 g/mol. The SMILES string of the molecule is COc1ccccc1NC(=S)N/N=C\c1cccn1Cc1cccc(C)c1. The Morgan fingerprint density at radius 1 is 1.15 bits per heavy atom. The molecule has 27 heavy (non-hydrogen) atoms. The van der Waals surface area contributed by atoms with E-state index in [1.54, 1.807) is 13.3 Å². The van der Waals surface area contributed by atoms with E-state index >= 15 is 0 Å². The zero-order chi connectivity index (χ0) is 19.1. The average Bonchev–Trinajstić information content (AvgIpc) is 3.09. The van der Waals surface area contributed by atoms with Crippen LogP contribution in [0.2, 0.25) is 0 Å². The Labute approximate surface area is 164 Å². The smallest absolute Gasteiger partial charge is 0.191 e. The van der Waals surface area contributed by atoms with Crippen LogP contribution in [0, 0.1) is 6.92 Å². The van der Waals surface area contributed by atoms with Gasteiger partial charge in [-0.3, -0.25) is 5.43 Å². The predicted molar refractivity (Wildman–Crippen MR) is 115 cm³/mol. The van der Waals surface area contributed by atoms with Gasteiger partial charge in [-0.15, -0.1) is 0 Å². The van der Waals surface area contributed by atoms with Gasteiger partial charge in [0.05, 0.1) is 24.7 Å². The number of nitrogens with zero attached hydrogens (tertiary/aromatic N) is 2. The Bertz CT molecular complexity index is 949. The van der Waals surface area contributed by atoms with E-state index < -0.39 is 0 Å². The highest BCUT2D eigenvalue weighted by atomic mass is 32.1. The van der Waals surface area contributed by atoms with Gasteiger partial charge >= 0.3 is 0 Å². The molecule has 138 valence electrons. The highest BCUT2D eigenvalue weighted by molar-refractivity contribution is 7.80. The number of hydrazone groups is 1. The normalized spacial score (nSPS) is 10.7. The molecule has 0 unspecified atom stereocenters. The molecule has 0 saturated carbocycles. The van der Waals surface area contributed by atoms with E-state index in [2.05, 4.69) is 51.6 Å². The number of para-hydroxylation sites is 2. The molecule has 0 saturated heterocycles. The van der Waals surface area contributed by atoms with E-state index in [1.165, 1.54) is 11.1 Å². The first-order valence-corrected chi connectivity index (χ1v) is 9.00. The van der Waals surface area contributed by atoms with Crippen LogP contribution in [0.3, 0.4) is 0 Å². The van der Waals surface area contributed by atoms with Crippen molar-refractivity contribution in [2.75, 3.05) is 12.4 Å². The van der Waals surface area contributed by atoms with Crippen LogP contribution in [0.5, 0.6) is 5.75 Å². The van der Waals surface area contributed by atoms with Crippen LogP contribution < -0.4 is 15.5 Å². The van der Waals surface area contributed by atoms with Crippen LogP contribution in [-0.2, 0) is 6.54 Å². The molecular formula is C21H22N4OS. The molecule has 3 rings (SSSR count). The number of anilines is 1. The fourth-order valence-corrected chi connectivity index (χ4v) is 2.91. The molecule has 2 aromatic carbocycles. The number of methoxy groups -OCH3 is 1. The van der Waals surface area contributed by atoms with Gasteiger partial charge in [0, 0.05) is 12.7 Å². The molecule has 0 bridgehead atoms. The number of thiocarbonyl (C=S) groups is 1. The molecule has 3 aromatic rings. The predicted octanol–water partition coefficient (Wildman–Crippen LogP) is 4.17. The number of rotatable bonds is 6. The third kappa shape index (κ3) is 5.18. The van der Waals surface area contributed by atoms with Crippen LogP contribution in [-0.4, -0.2) is 23.0 Å². The van der Waals surface area contributed by atoms with Gasteiger partial charge < -0.3 is 14.6 Å². The Kier molecular flexibility index (Phi) is 6.22. The van der Waals surface area contributed by atoms with Crippen molar-refractivity contribution in [3.63, 3.8) is 0 Å². The van der Waals surface area contributed by atoms with Gasteiger partial charge in [-0.25, -0.2) is 0 Å². The molecule has 0 atom stereocenters. The molecule has 2 N–H and O–H groups in total. The van der Waals surface area contributed by atoms with Crippen molar-refractivity contribution in [3.8, 4) is 5.75 Å². The first-order valence-electron chi connectivity index (χ1n) is 8.59. The van der Waals surface area contributed by atoms with E-state index in [0.29, 0.717) is 5.11 Å². The first kappa shape index (κ1) is 18.7. The summed E-state index contributed by atoms with van der Waals surface area (Å²) in [7, 11) is 1.62. The second-order valence-electron chi connectivity index (χ2n) is 6.07. The summed E-state index contributed by atoms with van der Waals surface area (Å²) >= 11 is 5.29. The van der Waals surface area contributed by atoms with Crippen molar-refractivity contribution in [2.45, 2.75) is 13.5 Å². The van der Waals surface area contributed by atoms with Crippen molar-refractivity contribution in [3.05, 3.63) is 83.7 Å². The van der Waals surface area contributed by atoms with Crippen LogP contribution in [0.1, 0.15) is 16.8 Å². The lowest BCUT2D eigenvalue weighted by molar-refractivity contribution is 0.417. The topological polar surface area (TPSA) is 50.6 Å². The Balaban J connectivity index is 1.60. The van der Waals surface area contributed by atoms with Gasteiger partial charge in [0.25, 0.3) is 0 Å². The van der Waals surface area contributed by atoms with E-state index in [0.717, 1.165) is 23.7 Å². The fraction of sp³-hybridized carbons (Fsp3) is 0.143. The van der Waals surface area contributed by atoms with Gasteiger partial charge in [-0.2, -0.15) is 5.10 Å². The zero-order valence-corrected chi connectivity index (χ0v) is 16.2. The molecule has 0 aliphatic rings. The zero-order valence-electron chi connectivity index (χ0n) is 15.3. The molecule has 5 nitrogen and oxygen atoms in total. The number of aryl methyl sites for hydroxylation is 1. The molecule has 0 aliphatic carbocycles. The molecule has 0 amide bonds. The summed E-state index contributed by atoms with van der Waals surface area (Å²) < 4.78 is 7.43. The van der Waals surface area contributed by atoms with E-state index in [9.17, 15) is 0 Å². The molecule has 0 radical (unpaired) electrons. The number of benzene rings is 2. The lowest BCUT2D eigenvalue weighted by atomic mass is 10.1. The largest absolute Gasteiger partial charge is 0.495 e. The van der Waals surface area contributed by atoms with Crippen molar-refractivity contribution in [1.29, 1.82) is 0 Å². The Morgan fingerprint density at radius 2 is 2.00 bits per heavy atom. The maximum absolute atomic E-state index is 5.30. The third-order valence-electron chi connectivity index (χ3n) is 4.02. The molecular weight excluding hydrogens is 356 g/mol. The van der Waals surface area contributed by atoms with Crippen molar-refractivity contribution in [1.82, 2.24) is 9.99 Å². The summed E-state index contributed by atoms with van der Waals surface area (Å²) in [4.78, 5) is 0. The quantitative estimate of drug-likeness (QED) is 0.384. The van der Waals surface area contributed by atoms with Crippen molar-refractivity contribution < 1.29 is 4.74 Å². The maximum Gasteiger partial charge on any atom is 0.191 e. The molecule has 0 spiro atoms. The van der Waals surface area contributed by atoms with E-state index in [1.807, 2.05) is 42.6 Å². The highest BCUT2D eigenvalue weighted by Crippen LogP contribution is 2.22.